The lowest BCUT2D eigenvalue weighted by molar-refractivity contribution is -0.138. The van der Waals surface area contributed by atoms with E-state index in [-0.39, 0.29) is 31.7 Å². The summed E-state index contributed by atoms with van der Waals surface area (Å²) in [6.45, 7) is 1.82. The van der Waals surface area contributed by atoms with E-state index < -0.39 is 29.8 Å². The van der Waals surface area contributed by atoms with Crippen LogP contribution in [0, 0.1) is 12.7 Å². The Balaban J connectivity index is 1.93. The third kappa shape index (κ3) is 4.11. The summed E-state index contributed by atoms with van der Waals surface area (Å²) in [4.78, 5) is 43.0. The molecule has 1 aromatic carbocycles. The molecule has 1 unspecified atom stereocenters. The number of hydrogen-bond donors (Lipinski definition) is 2. The molecule has 1 atom stereocenters. The van der Waals surface area contributed by atoms with Gasteiger partial charge < -0.3 is 20.0 Å². The smallest absolute Gasteiger partial charge is 0.407 e. The van der Waals surface area contributed by atoms with Crippen molar-refractivity contribution in [2.24, 2.45) is 0 Å². The lowest BCUT2D eigenvalue weighted by Crippen LogP contribution is -2.57. The minimum absolute atomic E-state index is 0.0719. The van der Waals surface area contributed by atoms with Gasteiger partial charge in [0.1, 0.15) is 11.5 Å². The summed E-state index contributed by atoms with van der Waals surface area (Å²) in [5.74, 6) is -1.98. The van der Waals surface area contributed by atoms with Gasteiger partial charge in [0.15, 0.2) is 0 Å². The molecule has 0 bridgehead atoms. The summed E-state index contributed by atoms with van der Waals surface area (Å²) < 4.78 is 13.2. The molecule has 2 amide bonds. The first-order chi connectivity index (χ1) is 13.3. The van der Waals surface area contributed by atoms with Gasteiger partial charge in [-0.2, -0.15) is 0 Å². The van der Waals surface area contributed by atoms with Crippen LogP contribution in [-0.2, 0) is 4.79 Å². The van der Waals surface area contributed by atoms with Crippen LogP contribution in [-0.4, -0.2) is 68.6 Å². The highest BCUT2D eigenvalue weighted by atomic mass is 32.1. The number of halogens is 1. The van der Waals surface area contributed by atoms with E-state index in [0.717, 1.165) is 4.90 Å². The molecule has 1 aliphatic heterocycles. The molecule has 1 fully saturated rings. The molecule has 1 aliphatic rings. The van der Waals surface area contributed by atoms with Crippen LogP contribution in [0.3, 0.4) is 0 Å². The van der Waals surface area contributed by atoms with E-state index in [0.29, 0.717) is 15.4 Å². The molecule has 2 aromatic rings. The highest BCUT2D eigenvalue weighted by Crippen LogP contribution is 2.32. The number of aryl methyl sites for hydroxylation is 1. The molecule has 2 N–H and O–H groups in total. The molecule has 0 aliphatic carbocycles. The van der Waals surface area contributed by atoms with Gasteiger partial charge in [-0.05, 0) is 24.6 Å². The van der Waals surface area contributed by atoms with Crippen molar-refractivity contribution in [1.29, 1.82) is 0 Å². The molecule has 0 spiro atoms. The normalized spacial score (nSPS) is 16.9. The van der Waals surface area contributed by atoms with E-state index in [4.69, 9.17) is 0 Å². The van der Waals surface area contributed by atoms with E-state index in [9.17, 15) is 29.0 Å². The largest absolute Gasteiger partial charge is 0.481 e. The number of carboxylic acids is 1. The zero-order valence-electron chi connectivity index (χ0n) is 15.0. The SMILES string of the molecule is Cc1nc(C(=O)N2CCN(C(=O)O)CC2CC(=O)O)c(-c2ccc(F)cc2)s1. The fraction of sp³-hybridized carbons (Fsp3) is 0.333. The Kier molecular flexibility index (Phi) is 5.59. The minimum Gasteiger partial charge on any atom is -0.481 e. The highest BCUT2D eigenvalue weighted by Gasteiger charge is 2.36. The predicted molar refractivity (Wildman–Crippen MR) is 98.9 cm³/mol. The molecule has 10 heteroatoms. The lowest BCUT2D eigenvalue weighted by atomic mass is 10.1. The summed E-state index contributed by atoms with van der Waals surface area (Å²) in [5, 5.41) is 19.0. The Hall–Kier alpha value is -3.01. The van der Waals surface area contributed by atoms with Crippen molar-refractivity contribution < 1.29 is 29.0 Å². The van der Waals surface area contributed by atoms with Crippen molar-refractivity contribution in [3.8, 4) is 10.4 Å². The van der Waals surface area contributed by atoms with Crippen LogP contribution in [0.1, 0.15) is 21.9 Å². The maximum absolute atomic E-state index is 13.2. The standard InChI is InChI=1S/C18H18FN3O5S/c1-10-20-15(16(28-10)11-2-4-12(19)5-3-11)17(25)22-7-6-21(18(26)27)9-13(22)8-14(23)24/h2-5,13H,6-9H2,1H3,(H,23,24)(H,26,27). The molecule has 1 aromatic heterocycles. The van der Waals surface area contributed by atoms with Crippen LogP contribution in [0.4, 0.5) is 9.18 Å². The van der Waals surface area contributed by atoms with Crippen molar-refractivity contribution >= 4 is 29.3 Å². The summed E-state index contributed by atoms with van der Waals surface area (Å²) in [5.41, 5.74) is 0.794. The second-order valence-corrected chi connectivity index (χ2v) is 7.60. The Bertz CT molecular complexity index is 914. The van der Waals surface area contributed by atoms with Crippen LogP contribution in [0.5, 0.6) is 0 Å². The fourth-order valence-corrected chi connectivity index (χ4v) is 4.09. The van der Waals surface area contributed by atoms with Crippen LogP contribution < -0.4 is 0 Å². The van der Waals surface area contributed by atoms with Gasteiger partial charge in [-0.25, -0.2) is 14.2 Å². The zero-order chi connectivity index (χ0) is 20.4. The Morgan fingerprint density at radius 1 is 1.21 bits per heavy atom. The molecule has 8 nitrogen and oxygen atoms in total. The van der Waals surface area contributed by atoms with Gasteiger partial charge in [-0.15, -0.1) is 11.3 Å². The topological polar surface area (TPSA) is 111 Å². The zero-order valence-corrected chi connectivity index (χ0v) is 15.8. The quantitative estimate of drug-likeness (QED) is 0.806. The number of carboxylic acid groups (broad SMARTS) is 2. The molecule has 1 saturated heterocycles. The highest BCUT2D eigenvalue weighted by molar-refractivity contribution is 7.15. The number of nitrogens with zero attached hydrogens (tertiary/aromatic N) is 3. The van der Waals surface area contributed by atoms with Gasteiger partial charge in [0, 0.05) is 19.6 Å². The van der Waals surface area contributed by atoms with Crippen molar-refractivity contribution in [3.63, 3.8) is 0 Å². The minimum atomic E-state index is -1.15. The molecule has 0 saturated carbocycles. The summed E-state index contributed by atoms with van der Waals surface area (Å²) in [6.07, 6.45) is -1.52. The molecular weight excluding hydrogens is 389 g/mol. The third-order valence-corrected chi connectivity index (χ3v) is 5.49. The number of aliphatic carboxylic acids is 1. The molecule has 28 heavy (non-hydrogen) atoms. The van der Waals surface area contributed by atoms with Crippen molar-refractivity contribution in [1.82, 2.24) is 14.8 Å². The van der Waals surface area contributed by atoms with Gasteiger partial charge in [-0.3, -0.25) is 9.59 Å². The van der Waals surface area contributed by atoms with Crippen molar-refractivity contribution in [2.75, 3.05) is 19.6 Å². The summed E-state index contributed by atoms with van der Waals surface area (Å²) in [7, 11) is 0. The lowest BCUT2D eigenvalue weighted by Gasteiger charge is -2.39. The number of hydrogen-bond acceptors (Lipinski definition) is 5. The van der Waals surface area contributed by atoms with Crippen molar-refractivity contribution in [2.45, 2.75) is 19.4 Å². The summed E-state index contributed by atoms with van der Waals surface area (Å²) in [6, 6.07) is 4.89. The molecule has 148 valence electrons. The van der Waals surface area contributed by atoms with Gasteiger partial charge in [0.2, 0.25) is 0 Å². The summed E-state index contributed by atoms with van der Waals surface area (Å²) >= 11 is 1.28. The number of benzene rings is 1. The first-order valence-corrected chi connectivity index (χ1v) is 9.32. The van der Waals surface area contributed by atoms with E-state index in [1.54, 1.807) is 19.1 Å². The van der Waals surface area contributed by atoms with Crippen LogP contribution in [0.25, 0.3) is 10.4 Å². The second kappa shape index (κ2) is 7.93. The van der Waals surface area contributed by atoms with E-state index >= 15 is 0 Å². The number of rotatable bonds is 4. The molecule has 0 radical (unpaired) electrons. The average molecular weight is 407 g/mol. The Labute approximate surface area is 163 Å². The average Bonchev–Trinajstić information content (AvgIpc) is 3.03. The van der Waals surface area contributed by atoms with Gasteiger partial charge in [0.25, 0.3) is 5.91 Å². The number of thiazole rings is 1. The van der Waals surface area contributed by atoms with E-state index in [1.165, 1.54) is 28.4 Å². The number of amides is 2. The molecule has 2 heterocycles. The van der Waals surface area contributed by atoms with E-state index in [2.05, 4.69) is 4.98 Å². The maximum Gasteiger partial charge on any atom is 0.407 e. The fourth-order valence-electron chi connectivity index (χ4n) is 3.18. The first kappa shape index (κ1) is 19.7. The molecular formula is C18H18FN3O5S. The van der Waals surface area contributed by atoms with Crippen LogP contribution >= 0.6 is 11.3 Å². The van der Waals surface area contributed by atoms with Crippen LogP contribution in [0.15, 0.2) is 24.3 Å². The Morgan fingerprint density at radius 3 is 2.50 bits per heavy atom. The number of aromatic nitrogens is 1. The number of carbonyl (C=O) groups excluding carboxylic acids is 1. The Morgan fingerprint density at radius 2 is 1.89 bits per heavy atom. The monoisotopic (exact) mass is 407 g/mol. The van der Waals surface area contributed by atoms with Gasteiger partial charge in [-0.1, -0.05) is 12.1 Å². The second-order valence-electron chi connectivity index (χ2n) is 6.40. The van der Waals surface area contributed by atoms with Crippen molar-refractivity contribution in [3.05, 3.63) is 40.8 Å². The third-order valence-electron chi connectivity index (χ3n) is 4.47. The van der Waals surface area contributed by atoms with Crippen LogP contribution in [0.2, 0.25) is 0 Å². The number of piperazine rings is 1. The molecule has 3 rings (SSSR count). The van der Waals surface area contributed by atoms with Gasteiger partial charge >= 0.3 is 12.1 Å². The van der Waals surface area contributed by atoms with E-state index in [1.807, 2.05) is 0 Å². The number of carbonyl (C=O) groups is 3. The van der Waals surface area contributed by atoms with Gasteiger partial charge in [0.05, 0.1) is 22.3 Å². The predicted octanol–water partition coefficient (Wildman–Crippen LogP) is 2.54. The maximum atomic E-state index is 13.2. The first-order valence-electron chi connectivity index (χ1n) is 8.50.